The molecule has 1 atom stereocenters. The first-order chi connectivity index (χ1) is 10.2. The van der Waals surface area contributed by atoms with E-state index in [2.05, 4.69) is 6.58 Å². The van der Waals surface area contributed by atoms with E-state index in [1.807, 2.05) is 42.5 Å². The number of carbonyl (C=O) groups excluding carboxylic acids is 1. The average Bonchev–Trinajstić information content (AvgIpc) is 2.52. The van der Waals surface area contributed by atoms with E-state index in [-0.39, 0.29) is 12.2 Å². The van der Waals surface area contributed by atoms with Crippen LogP contribution in [-0.4, -0.2) is 5.78 Å². The largest absolute Gasteiger partial charge is 0.294 e. The summed E-state index contributed by atoms with van der Waals surface area (Å²) in [5.74, 6) is -1.18. The number of halogens is 1. The van der Waals surface area contributed by atoms with Crippen molar-refractivity contribution in [2.45, 2.75) is 6.42 Å². The molecule has 2 rings (SSSR count). The summed E-state index contributed by atoms with van der Waals surface area (Å²) in [6.07, 6.45) is 3.59. The van der Waals surface area contributed by atoms with Crippen LogP contribution in [0, 0.1) is 5.92 Å². The van der Waals surface area contributed by atoms with Crippen LogP contribution in [0.3, 0.4) is 0 Å². The van der Waals surface area contributed by atoms with Gasteiger partial charge in [-0.3, -0.25) is 4.79 Å². The van der Waals surface area contributed by atoms with E-state index in [0.29, 0.717) is 5.56 Å². The Morgan fingerprint density at radius 2 is 1.62 bits per heavy atom. The van der Waals surface area contributed by atoms with Crippen molar-refractivity contribution in [3.63, 3.8) is 0 Å². The van der Waals surface area contributed by atoms with Crippen LogP contribution < -0.4 is 0 Å². The molecule has 0 aliphatic heterocycles. The van der Waals surface area contributed by atoms with E-state index in [4.69, 9.17) is 0 Å². The van der Waals surface area contributed by atoms with Crippen LogP contribution in [0.4, 0.5) is 4.39 Å². The van der Waals surface area contributed by atoms with Gasteiger partial charge >= 0.3 is 0 Å². The molecule has 0 N–H and O–H groups in total. The van der Waals surface area contributed by atoms with Crippen molar-refractivity contribution >= 4 is 11.9 Å². The van der Waals surface area contributed by atoms with Crippen molar-refractivity contribution in [1.29, 1.82) is 0 Å². The quantitative estimate of drug-likeness (QED) is 0.675. The molecule has 1 nitrogen and oxygen atoms in total. The molecule has 0 heterocycles. The fourth-order valence-corrected chi connectivity index (χ4v) is 2.02. The number of ketones is 1. The zero-order valence-corrected chi connectivity index (χ0v) is 11.7. The maximum atomic E-state index is 13.5. The fourth-order valence-electron chi connectivity index (χ4n) is 2.02. The molecule has 0 saturated heterocycles. The molecule has 2 aromatic rings. The minimum absolute atomic E-state index is 0.0860. The third-order valence-electron chi connectivity index (χ3n) is 3.22. The number of hydrogen-bond donors (Lipinski definition) is 0. The number of Topliss-reactive ketones (excluding diaryl/α,β-unsaturated/α-hetero) is 1. The van der Waals surface area contributed by atoms with E-state index in [0.717, 1.165) is 5.56 Å². The summed E-state index contributed by atoms with van der Waals surface area (Å²) < 4.78 is 13.5. The lowest BCUT2D eigenvalue weighted by Crippen LogP contribution is -2.07. The van der Waals surface area contributed by atoms with Gasteiger partial charge < -0.3 is 0 Å². The van der Waals surface area contributed by atoms with Crippen LogP contribution in [0.5, 0.6) is 0 Å². The van der Waals surface area contributed by atoms with E-state index in [9.17, 15) is 9.18 Å². The topological polar surface area (TPSA) is 17.1 Å². The van der Waals surface area contributed by atoms with Crippen LogP contribution in [0.1, 0.15) is 22.3 Å². The Morgan fingerprint density at radius 3 is 2.19 bits per heavy atom. The van der Waals surface area contributed by atoms with Crippen molar-refractivity contribution in [2.75, 3.05) is 0 Å². The van der Waals surface area contributed by atoms with Crippen molar-refractivity contribution in [1.82, 2.24) is 0 Å². The van der Waals surface area contributed by atoms with Gasteiger partial charge in [0.2, 0.25) is 0 Å². The standard InChI is InChI=1S/C19H17FO/c1-15(20)18(13-12-16-8-4-2-5-9-16)14-19(21)17-10-6-3-7-11-17/h2-13,18H,1,14H2/b13-12+. The molecular formula is C19H17FO. The van der Waals surface area contributed by atoms with E-state index < -0.39 is 11.7 Å². The molecule has 0 aromatic heterocycles. The van der Waals surface area contributed by atoms with E-state index in [1.165, 1.54) is 0 Å². The predicted molar refractivity (Wildman–Crippen MR) is 84.6 cm³/mol. The van der Waals surface area contributed by atoms with Gasteiger partial charge in [0.05, 0.1) is 0 Å². The second-order valence-electron chi connectivity index (χ2n) is 4.82. The molecule has 0 saturated carbocycles. The summed E-state index contributed by atoms with van der Waals surface area (Å²) in [4.78, 5) is 12.1. The molecule has 2 heteroatoms. The Bertz CT molecular complexity index is 629. The van der Waals surface area contributed by atoms with Gasteiger partial charge in [-0.25, -0.2) is 4.39 Å². The molecule has 1 unspecified atom stereocenters. The van der Waals surface area contributed by atoms with Gasteiger partial charge in [0.15, 0.2) is 5.78 Å². The Labute approximate surface area is 124 Å². The third kappa shape index (κ3) is 4.53. The maximum absolute atomic E-state index is 13.5. The molecular weight excluding hydrogens is 263 g/mol. The number of benzene rings is 2. The zero-order valence-electron chi connectivity index (χ0n) is 11.7. The first-order valence-corrected chi connectivity index (χ1v) is 6.82. The average molecular weight is 280 g/mol. The van der Waals surface area contributed by atoms with Crippen LogP contribution >= 0.6 is 0 Å². The maximum Gasteiger partial charge on any atom is 0.163 e. The number of rotatable bonds is 6. The lowest BCUT2D eigenvalue weighted by molar-refractivity contribution is 0.0970. The molecule has 0 fully saturated rings. The minimum atomic E-state index is -0.599. The Kier molecular flexibility index (Phi) is 5.22. The van der Waals surface area contributed by atoms with Crippen molar-refractivity contribution in [3.05, 3.63) is 90.3 Å². The lowest BCUT2D eigenvalue weighted by Gasteiger charge is -2.09. The van der Waals surface area contributed by atoms with Crippen molar-refractivity contribution < 1.29 is 9.18 Å². The molecule has 0 amide bonds. The highest BCUT2D eigenvalue weighted by Gasteiger charge is 2.15. The SMILES string of the molecule is C=C(F)C(/C=C/c1ccccc1)CC(=O)c1ccccc1. The van der Waals surface area contributed by atoms with Gasteiger partial charge in [-0.15, -0.1) is 0 Å². The summed E-state index contributed by atoms with van der Waals surface area (Å²) in [7, 11) is 0. The summed E-state index contributed by atoms with van der Waals surface area (Å²) in [5, 5.41) is 0. The summed E-state index contributed by atoms with van der Waals surface area (Å²) >= 11 is 0. The zero-order chi connectivity index (χ0) is 15.1. The van der Waals surface area contributed by atoms with Gasteiger partial charge in [-0.2, -0.15) is 0 Å². The van der Waals surface area contributed by atoms with Gasteiger partial charge in [-0.1, -0.05) is 79.4 Å². The highest BCUT2D eigenvalue weighted by atomic mass is 19.1. The number of allylic oxidation sites excluding steroid dienone is 2. The Balaban J connectivity index is 2.08. The van der Waals surface area contributed by atoms with Crippen LogP contribution in [-0.2, 0) is 0 Å². The summed E-state index contributed by atoms with van der Waals surface area (Å²) in [5.41, 5.74) is 1.56. The monoisotopic (exact) mass is 280 g/mol. The smallest absolute Gasteiger partial charge is 0.163 e. The lowest BCUT2D eigenvalue weighted by atomic mass is 9.96. The summed E-state index contributed by atoms with van der Waals surface area (Å²) in [6.45, 7) is 3.34. The highest BCUT2D eigenvalue weighted by Crippen LogP contribution is 2.20. The van der Waals surface area contributed by atoms with Gasteiger partial charge in [-0.05, 0) is 5.56 Å². The van der Waals surface area contributed by atoms with Crippen LogP contribution in [0.25, 0.3) is 6.08 Å². The number of carbonyl (C=O) groups is 1. The first-order valence-electron chi connectivity index (χ1n) is 6.82. The number of hydrogen-bond acceptors (Lipinski definition) is 1. The molecule has 0 bridgehead atoms. The Morgan fingerprint density at radius 1 is 1.05 bits per heavy atom. The fraction of sp³-hybridized carbons (Fsp3) is 0.105. The van der Waals surface area contributed by atoms with Crippen LogP contribution in [0.15, 0.2) is 79.1 Å². The molecule has 21 heavy (non-hydrogen) atoms. The minimum Gasteiger partial charge on any atom is -0.294 e. The summed E-state index contributed by atoms with van der Waals surface area (Å²) in [6, 6.07) is 18.5. The van der Waals surface area contributed by atoms with E-state index in [1.54, 1.807) is 30.3 Å². The third-order valence-corrected chi connectivity index (χ3v) is 3.22. The first kappa shape index (κ1) is 14.9. The molecule has 106 valence electrons. The second-order valence-corrected chi connectivity index (χ2v) is 4.82. The van der Waals surface area contributed by atoms with Gasteiger partial charge in [0, 0.05) is 17.9 Å². The van der Waals surface area contributed by atoms with Gasteiger partial charge in [0.25, 0.3) is 0 Å². The molecule has 2 aromatic carbocycles. The Hall–Kier alpha value is -2.48. The molecule has 0 spiro atoms. The highest BCUT2D eigenvalue weighted by molar-refractivity contribution is 5.96. The molecule has 0 aliphatic rings. The predicted octanol–water partition coefficient (Wildman–Crippen LogP) is 5.07. The van der Waals surface area contributed by atoms with Crippen molar-refractivity contribution in [2.24, 2.45) is 5.92 Å². The van der Waals surface area contributed by atoms with E-state index >= 15 is 0 Å². The molecule has 0 radical (unpaired) electrons. The molecule has 0 aliphatic carbocycles. The van der Waals surface area contributed by atoms with Crippen molar-refractivity contribution in [3.8, 4) is 0 Å². The second kappa shape index (κ2) is 7.34. The van der Waals surface area contributed by atoms with Gasteiger partial charge in [0.1, 0.15) is 5.83 Å². The normalized spacial score (nSPS) is 12.2. The van der Waals surface area contributed by atoms with Crippen LogP contribution in [0.2, 0.25) is 0 Å².